The Kier molecular flexibility index (Phi) is 3.38. The summed E-state index contributed by atoms with van der Waals surface area (Å²) in [4.78, 5) is 0.425. The van der Waals surface area contributed by atoms with E-state index in [9.17, 15) is 8.42 Å². The number of hydrogen-bond donors (Lipinski definition) is 0. The molecule has 17 heavy (non-hydrogen) atoms. The molecular formula is C14H18O2S. The van der Waals surface area contributed by atoms with Crippen molar-refractivity contribution in [1.29, 1.82) is 0 Å². The second-order valence-corrected chi connectivity index (χ2v) is 7.19. The molecule has 1 unspecified atom stereocenters. The Morgan fingerprint density at radius 2 is 1.82 bits per heavy atom. The van der Waals surface area contributed by atoms with E-state index in [4.69, 9.17) is 0 Å². The van der Waals surface area contributed by atoms with Crippen LogP contribution in [0.1, 0.15) is 32.6 Å². The lowest BCUT2D eigenvalue weighted by Crippen LogP contribution is -2.32. The van der Waals surface area contributed by atoms with Gasteiger partial charge in [-0.25, -0.2) is 8.42 Å². The van der Waals surface area contributed by atoms with Crippen LogP contribution in [0, 0.1) is 0 Å². The standard InChI is InChI=1S/C14H18O2S/c1-14(11-7-2-3-8-12-14)17(15,16)13-9-5-4-6-10-13/h4-7,9-11H,2-3,8,12H2,1H3. The van der Waals surface area contributed by atoms with Gasteiger partial charge in [0.15, 0.2) is 9.84 Å². The molecule has 2 nitrogen and oxygen atoms in total. The molecule has 0 radical (unpaired) electrons. The lowest BCUT2D eigenvalue weighted by molar-refractivity contribution is 0.540. The highest BCUT2D eigenvalue weighted by Gasteiger charge is 2.37. The molecule has 0 heterocycles. The average molecular weight is 250 g/mol. The Hall–Kier alpha value is -1.09. The van der Waals surface area contributed by atoms with Crippen LogP contribution < -0.4 is 0 Å². The highest BCUT2D eigenvalue weighted by molar-refractivity contribution is 7.93. The van der Waals surface area contributed by atoms with Crippen molar-refractivity contribution in [3.63, 3.8) is 0 Å². The molecule has 1 aliphatic rings. The number of allylic oxidation sites excluding steroid dienone is 1. The zero-order valence-corrected chi connectivity index (χ0v) is 10.9. The summed E-state index contributed by atoms with van der Waals surface area (Å²) in [5.74, 6) is 0. The van der Waals surface area contributed by atoms with Crippen LogP contribution in [0.15, 0.2) is 47.4 Å². The second-order valence-electron chi connectivity index (χ2n) is 4.78. The smallest absolute Gasteiger partial charge is 0.187 e. The van der Waals surface area contributed by atoms with E-state index in [1.807, 2.05) is 25.1 Å². The number of rotatable bonds is 2. The molecule has 0 N–H and O–H groups in total. The van der Waals surface area contributed by atoms with E-state index >= 15 is 0 Å². The van der Waals surface area contributed by atoms with Crippen molar-refractivity contribution in [3.8, 4) is 0 Å². The minimum atomic E-state index is -3.27. The van der Waals surface area contributed by atoms with Crippen LogP contribution >= 0.6 is 0 Å². The van der Waals surface area contributed by atoms with E-state index in [1.165, 1.54) is 0 Å². The predicted molar refractivity (Wildman–Crippen MR) is 69.6 cm³/mol. The molecule has 1 aromatic rings. The number of benzene rings is 1. The van der Waals surface area contributed by atoms with Gasteiger partial charge >= 0.3 is 0 Å². The Balaban J connectivity index is 2.44. The molecule has 92 valence electrons. The van der Waals surface area contributed by atoms with Crippen molar-refractivity contribution in [3.05, 3.63) is 42.5 Å². The first kappa shape index (κ1) is 12.4. The maximum Gasteiger partial charge on any atom is 0.187 e. The lowest BCUT2D eigenvalue weighted by Gasteiger charge is -2.25. The van der Waals surface area contributed by atoms with Gasteiger partial charge in [0.2, 0.25) is 0 Å². The molecule has 0 fully saturated rings. The van der Waals surface area contributed by atoms with Crippen LogP contribution in [0.25, 0.3) is 0 Å². The molecule has 0 amide bonds. The van der Waals surface area contributed by atoms with Crippen molar-refractivity contribution in [1.82, 2.24) is 0 Å². The molecule has 0 aromatic heterocycles. The zero-order chi connectivity index (χ0) is 12.4. The van der Waals surface area contributed by atoms with Crippen LogP contribution in [0.3, 0.4) is 0 Å². The Labute approximate surface area is 103 Å². The third kappa shape index (κ3) is 2.29. The highest BCUT2D eigenvalue weighted by atomic mass is 32.2. The Morgan fingerprint density at radius 1 is 1.12 bits per heavy atom. The molecule has 1 atom stereocenters. The minimum absolute atomic E-state index is 0.425. The molecule has 1 aromatic carbocycles. The van der Waals surface area contributed by atoms with Crippen LogP contribution in [-0.4, -0.2) is 13.2 Å². The largest absolute Gasteiger partial charge is 0.223 e. The molecular weight excluding hydrogens is 232 g/mol. The van der Waals surface area contributed by atoms with Crippen molar-refractivity contribution in [2.45, 2.75) is 42.2 Å². The Bertz CT molecular complexity index is 502. The fraction of sp³-hybridized carbons (Fsp3) is 0.429. The van der Waals surface area contributed by atoms with E-state index < -0.39 is 14.6 Å². The van der Waals surface area contributed by atoms with Crippen LogP contribution in [0.2, 0.25) is 0 Å². The van der Waals surface area contributed by atoms with Crippen molar-refractivity contribution in [2.24, 2.45) is 0 Å². The van der Waals surface area contributed by atoms with Crippen LogP contribution in [-0.2, 0) is 9.84 Å². The number of hydrogen-bond acceptors (Lipinski definition) is 2. The first-order valence-electron chi connectivity index (χ1n) is 6.04. The predicted octanol–water partition coefficient (Wildman–Crippen LogP) is 3.35. The average Bonchev–Trinajstić information content (AvgIpc) is 2.56. The monoisotopic (exact) mass is 250 g/mol. The van der Waals surface area contributed by atoms with Gasteiger partial charge in [0, 0.05) is 0 Å². The SMILES string of the molecule is CC1(S(=O)(=O)c2ccccc2)C=CCCCC1. The maximum atomic E-state index is 12.6. The second kappa shape index (κ2) is 4.65. The molecule has 0 saturated carbocycles. The van der Waals surface area contributed by atoms with E-state index in [0.717, 1.165) is 19.3 Å². The summed E-state index contributed by atoms with van der Waals surface area (Å²) < 4.78 is 24.5. The van der Waals surface area contributed by atoms with Crippen LogP contribution in [0.4, 0.5) is 0 Å². The molecule has 0 bridgehead atoms. The quantitative estimate of drug-likeness (QED) is 0.754. The van der Waals surface area contributed by atoms with Gasteiger partial charge in [-0.05, 0) is 38.3 Å². The fourth-order valence-electron chi connectivity index (χ4n) is 2.25. The minimum Gasteiger partial charge on any atom is -0.223 e. The first-order valence-corrected chi connectivity index (χ1v) is 7.52. The Morgan fingerprint density at radius 3 is 2.53 bits per heavy atom. The van der Waals surface area contributed by atoms with Gasteiger partial charge in [-0.3, -0.25) is 0 Å². The molecule has 1 aliphatic carbocycles. The van der Waals surface area contributed by atoms with E-state index in [0.29, 0.717) is 11.3 Å². The fourth-order valence-corrected chi connectivity index (χ4v) is 3.99. The van der Waals surface area contributed by atoms with Crippen molar-refractivity contribution >= 4 is 9.84 Å². The molecule has 2 rings (SSSR count). The van der Waals surface area contributed by atoms with Gasteiger partial charge in [0.1, 0.15) is 0 Å². The third-order valence-corrected chi connectivity index (χ3v) is 5.89. The summed E-state index contributed by atoms with van der Waals surface area (Å²) in [6, 6.07) is 8.75. The summed E-state index contributed by atoms with van der Waals surface area (Å²) in [5.41, 5.74) is 0. The molecule has 3 heteroatoms. The van der Waals surface area contributed by atoms with Gasteiger partial charge in [0.25, 0.3) is 0 Å². The highest BCUT2D eigenvalue weighted by Crippen LogP contribution is 2.33. The summed E-state index contributed by atoms with van der Waals surface area (Å²) >= 11 is 0. The lowest BCUT2D eigenvalue weighted by atomic mass is 10.1. The van der Waals surface area contributed by atoms with E-state index in [2.05, 4.69) is 0 Å². The first-order chi connectivity index (χ1) is 8.06. The van der Waals surface area contributed by atoms with E-state index in [-0.39, 0.29) is 0 Å². The number of sulfone groups is 1. The molecule has 0 aliphatic heterocycles. The van der Waals surface area contributed by atoms with Gasteiger partial charge in [-0.1, -0.05) is 36.8 Å². The third-order valence-electron chi connectivity index (χ3n) is 3.43. The summed E-state index contributed by atoms with van der Waals surface area (Å²) in [5, 5.41) is 0. The summed E-state index contributed by atoms with van der Waals surface area (Å²) in [6.07, 6.45) is 7.63. The summed E-state index contributed by atoms with van der Waals surface area (Å²) in [7, 11) is -3.27. The molecule has 0 saturated heterocycles. The van der Waals surface area contributed by atoms with Gasteiger partial charge < -0.3 is 0 Å². The van der Waals surface area contributed by atoms with Gasteiger partial charge in [-0.2, -0.15) is 0 Å². The van der Waals surface area contributed by atoms with Crippen LogP contribution in [0.5, 0.6) is 0 Å². The topological polar surface area (TPSA) is 34.1 Å². The maximum absolute atomic E-state index is 12.6. The summed E-state index contributed by atoms with van der Waals surface area (Å²) in [6.45, 7) is 1.83. The van der Waals surface area contributed by atoms with Crippen molar-refractivity contribution in [2.75, 3.05) is 0 Å². The van der Waals surface area contributed by atoms with Gasteiger partial charge in [-0.15, -0.1) is 0 Å². The normalized spacial score (nSPS) is 25.5. The zero-order valence-electron chi connectivity index (χ0n) is 10.1. The van der Waals surface area contributed by atoms with Crippen molar-refractivity contribution < 1.29 is 8.42 Å². The van der Waals surface area contributed by atoms with Gasteiger partial charge in [0.05, 0.1) is 9.64 Å². The van der Waals surface area contributed by atoms with E-state index in [1.54, 1.807) is 24.3 Å². The molecule has 0 spiro atoms.